The topological polar surface area (TPSA) is 15.3 Å². The molecule has 1 aliphatic carbocycles. The fourth-order valence-electron chi connectivity index (χ4n) is 3.63. The third-order valence-corrected chi connectivity index (χ3v) is 4.54. The van der Waals surface area contributed by atoms with Gasteiger partial charge in [-0.1, -0.05) is 41.0 Å². The van der Waals surface area contributed by atoms with E-state index in [4.69, 9.17) is 0 Å². The van der Waals surface area contributed by atoms with Crippen molar-refractivity contribution in [3.8, 4) is 0 Å². The van der Waals surface area contributed by atoms with Crippen molar-refractivity contribution < 1.29 is 0 Å². The maximum Gasteiger partial charge on any atom is 0.0252 e. The predicted octanol–water partition coefficient (Wildman–Crippen LogP) is 3.77. The fourth-order valence-corrected chi connectivity index (χ4v) is 3.63. The summed E-state index contributed by atoms with van der Waals surface area (Å²) in [4.78, 5) is 2.78. The zero-order valence-corrected chi connectivity index (χ0v) is 14.1. The quantitative estimate of drug-likeness (QED) is 0.756. The van der Waals surface area contributed by atoms with Crippen molar-refractivity contribution in [1.29, 1.82) is 0 Å². The van der Waals surface area contributed by atoms with Crippen LogP contribution in [-0.4, -0.2) is 37.1 Å². The Morgan fingerprint density at radius 2 is 1.63 bits per heavy atom. The molecule has 0 heterocycles. The van der Waals surface area contributed by atoms with Crippen LogP contribution in [0.25, 0.3) is 0 Å². The Kier molecular flexibility index (Phi) is 7.38. The summed E-state index contributed by atoms with van der Waals surface area (Å²) in [6, 6.07) is 1.44. The fraction of sp³-hybridized carbons (Fsp3) is 1.00. The summed E-state index contributed by atoms with van der Waals surface area (Å²) in [5, 5.41) is 3.58. The van der Waals surface area contributed by atoms with Gasteiger partial charge in [-0.05, 0) is 44.1 Å². The maximum absolute atomic E-state index is 3.58. The Bertz CT molecular complexity index is 227. The van der Waals surface area contributed by atoms with E-state index in [1.54, 1.807) is 0 Å². The lowest BCUT2D eigenvalue weighted by Gasteiger charge is -2.44. The first-order chi connectivity index (χ1) is 8.97. The number of hydrogen-bond donors (Lipinski definition) is 1. The van der Waals surface area contributed by atoms with E-state index in [0.29, 0.717) is 6.04 Å². The lowest BCUT2D eigenvalue weighted by Crippen LogP contribution is -2.54. The molecule has 2 heteroatoms. The molecule has 0 aliphatic heterocycles. The number of nitrogens with zero attached hydrogens (tertiary/aromatic N) is 1. The van der Waals surface area contributed by atoms with E-state index in [1.165, 1.54) is 38.8 Å². The highest BCUT2D eigenvalue weighted by atomic mass is 15.2. The lowest BCUT2D eigenvalue weighted by atomic mass is 9.80. The summed E-state index contributed by atoms with van der Waals surface area (Å²) in [5.41, 5.74) is 0. The van der Waals surface area contributed by atoms with Crippen LogP contribution < -0.4 is 5.32 Å². The molecule has 0 aromatic heterocycles. The van der Waals surface area contributed by atoms with Crippen LogP contribution in [0.2, 0.25) is 0 Å². The van der Waals surface area contributed by atoms with Gasteiger partial charge in [0.25, 0.3) is 0 Å². The zero-order valence-electron chi connectivity index (χ0n) is 14.1. The van der Waals surface area contributed by atoms with Gasteiger partial charge in [-0.15, -0.1) is 0 Å². The summed E-state index contributed by atoms with van der Waals surface area (Å²) >= 11 is 0. The molecule has 1 fully saturated rings. The van der Waals surface area contributed by atoms with Crippen molar-refractivity contribution in [1.82, 2.24) is 10.2 Å². The predicted molar refractivity (Wildman–Crippen MR) is 85.5 cm³/mol. The Morgan fingerprint density at radius 1 is 1.05 bits per heavy atom. The Hall–Kier alpha value is -0.0800. The van der Waals surface area contributed by atoms with Crippen molar-refractivity contribution in [3.05, 3.63) is 0 Å². The van der Waals surface area contributed by atoms with Crippen molar-refractivity contribution in [2.75, 3.05) is 20.1 Å². The van der Waals surface area contributed by atoms with Crippen molar-refractivity contribution in [2.45, 2.75) is 72.4 Å². The molecule has 0 aromatic carbocycles. The second kappa shape index (κ2) is 8.26. The van der Waals surface area contributed by atoms with Gasteiger partial charge in [0.05, 0.1) is 0 Å². The summed E-state index contributed by atoms with van der Waals surface area (Å²) in [7, 11) is 2.15. The van der Waals surface area contributed by atoms with Crippen molar-refractivity contribution in [2.24, 2.45) is 17.8 Å². The normalized spacial score (nSPS) is 28.6. The highest BCUT2D eigenvalue weighted by Gasteiger charge is 2.33. The molecule has 0 saturated heterocycles. The molecule has 3 atom stereocenters. The molecular formula is C17H36N2. The highest BCUT2D eigenvalue weighted by molar-refractivity contribution is 4.91. The smallest absolute Gasteiger partial charge is 0.0252 e. The minimum absolute atomic E-state index is 0.695. The van der Waals surface area contributed by atoms with Gasteiger partial charge < -0.3 is 5.32 Å². The molecule has 0 bridgehead atoms. The summed E-state index contributed by atoms with van der Waals surface area (Å²) in [5.74, 6) is 2.47. The van der Waals surface area contributed by atoms with E-state index >= 15 is 0 Å². The van der Waals surface area contributed by atoms with Gasteiger partial charge in [0.15, 0.2) is 0 Å². The first-order valence-corrected chi connectivity index (χ1v) is 8.39. The van der Waals surface area contributed by atoms with Gasteiger partial charge >= 0.3 is 0 Å². The summed E-state index contributed by atoms with van der Waals surface area (Å²) < 4.78 is 0. The average molecular weight is 268 g/mol. The first-order valence-electron chi connectivity index (χ1n) is 8.39. The molecule has 3 unspecified atom stereocenters. The van der Waals surface area contributed by atoms with Crippen molar-refractivity contribution in [3.63, 3.8) is 0 Å². The van der Waals surface area contributed by atoms with Gasteiger partial charge in [0.2, 0.25) is 0 Å². The van der Waals surface area contributed by atoms with Gasteiger partial charge in [0.1, 0.15) is 0 Å². The molecular weight excluding hydrogens is 232 g/mol. The Balaban J connectivity index is 2.75. The van der Waals surface area contributed by atoms with Gasteiger partial charge in [0, 0.05) is 25.2 Å². The molecule has 1 aliphatic rings. The third kappa shape index (κ3) is 5.43. The second-order valence-electron chi connectivity index (χ2n) is 7.29. The second-order valence-corrected chi connectivity index (χ2v) is 7.29. The summed E-state index contributed by atoms with van der Waals surface area (Å²) in [6.45, 7) is 14.2. The maximum atomic E-state index is 3.58. The van der Waals surface area contributed by atoms with Crippen LogP contribution in [0.1, 0.15) is 60.3 Å². The molecule has 19 heavy (non-hydrogen) atoms. The van der Waals surface area contributed by atoms with Crippen LogP contribution >= 0.6 is 0 Å². The number of hydrogen-bond acceptors (Lipinski definition) is 2. The van der Waals surface area contributed by atoms with E-state index in [9.17, 15) is 0 Å². The number of rotatable bonds is 7. The lowest BCUT2D eigenvalue weighted by molar-refractivity contribution is 0.0778. The van der Waals surface area contributed by atoms with E-state index in [-0.39, 0.29) is 0 Å². The average Bonchev–Trinajstić information content (AvgIpc) is 2.36. The monoisotopic (exact) mass is 268 g/mol. The van der Waals surface area contributed by atoms with Crippen LogP contribution in [-0.2, 0) is 0 Å². The van der Waals surface area contributed by atoms with Crippen LogP contribution in [0, 0.1) is 17.8 Å². The molecule has 114 valence electrons. The minimum atomic E-state index is 0.695. The van der Waals surface area contributed by atoms with Gasteiger partial charge in [-0.2, -0.15) is 0 Å². The van der Waals surface area contributed by atoms with Gasteiger partial charge in [-0.25, -0.2) is 0 Å². The molecule has 1 rings (SSSR count). The molecule has 0 radical (unpaired) electrons. The number of nitrogens with one attached hydrogen (secondary N) is 1. The van der Waals surface area contributed by atoms with E-state index < -0.39 is 0 Å². The number of likely N-dealkylation sites (N-methyl/N-ethyl adjacent to an activating group) is 1. The highest BCUT2D eigenvalue weighted by Crippen LogP contribution is 2.30. The van der Waals surface area contributed by atoms with E-state index in [2.05, 4.69) is 51.9 Å². The van der Waals surface area contributed by atoms with Crippen LogP contribution in [0.4, 0.5) is 0 Å². The standard InChI is InChI=1S/C17H36N2/c1-7-15-8-9-16(18-6)17(10-15)19(11-13(2)3)12-14(4)5/h13-18H,7-12H2,1-6H3. The Labute approximate surface area is 121 Å². The van der Waals surface area contributed by atoms with Crippen molar-refractivity contribution >= 4 is 0 Å². The van der Waals surface area contributed by atoms with Crippen LogP contribution in [0.3, 0.4) is 0 Å². The van der Waals surface area contributed by atoms with Crippen LogP contribution in [0.5, 0.6) is 0 Å². The van der Waals surface area contributed by atoms with Crippen LogP contribution in [0.15, 0.2) is 0 Å². The Morgan fingerprint density at radius 3 is 2.05 bits per heavy atom. The van der Waals surface area contributed by atoms with E-state index in [1.807, 2.05) is 0 Å². The first kappa shape index (κ1) is 17.0. The molecule has 2 nitrogen and oxygen atoms in total. The van der Waals surface area contributed by atoms with Gasteiger partial charge in [-0.3, -0.25) is 4.90 Å². The van der Waals surface area contributed by atoms with E-state index in [0.717, 1.165) is 23.8 Å². The molecule has 0 spiro atoms. The SMILES string of the molecule is CCC1CCC(NC)C(N(CC(C)C)CC(C)C)C1. The molecule has 0 aromatic rings. The third-order valence-electron chi connectivity index (χ3n) is 4.54. The summed E-state index contributed by atoms with van der Waals surface area (Å²) in [6.07, 6.45) is 5.51. The largest absolute Gasteiger partial charge is 0.315 e. The molecule has 1 saturated carbocycles. The molecule has 1 N–H and O–H groups in total. The molecule has 0 amide bonds. The minimum Gasteiger partial charge on any atom is -0.315 e. The zero-order chi connectivity index (χ0) is 14.4.